The van der Waals surface area contributed by atoms with Crippen LogP contribution in [-0.2, 0) is 4.74 Å². The van der Waals surface area contributed by atoms with Gasteiger partial charge in [-0.25, -0.2) is 15.8 Å². The summed E-state index contributed by atoms with van der Waals surface area (Å²) in [5, 5.41) is 13.6. The Morgan fingerprint density at radius 2 is 2.25 bits per heavy atom. The van der Waals surface area contributed by atoms with E-state index in [9.17, 15) is 5.11 Å². The summed E-state index contributed by atoms with van der Waals surface area (Å²) in [5.41, 5.74) is 2.44. The van der Waals surface area contributed by atoms with Gasteiger partial charge in [-0.2, -0.15) is 0 Å². The first-order valence-corrected chi connectivity index (χ1v) is 6.54. The highest BCUT2D eigenvalue weighted by atomic mass is 16.5. The average Bonchev–Trinajstić information content (AvgIpc) is 2.93. The Kier molecular flexibility index (Phi) is 3.43. The van der Waals surface area contributed by atoms with Gasteiger partial charge in [0, 0.05) is 45.0 Å². The zero-order valence-corrected chi connectivity index (χ0v) is 11.0. The molecular weight excluding hydrogens is 260 g/mol. The third-order valence-electron chi connectivity index (χ3n) is 3.53. The van der Waals surface area contributed by atoms with Crippen LogP contribution in [-0.4, -0.2) is 44.8 Å². The first-order valence-electron chi connectivity index (χ1n) is 6.54. The number of nitrogens with zero attached hydrogens (tertiary/aromatic N) is 3. The minimum absolute atomic E-state index is 0.403. The van der Waals surface area contributed by atoms with Crippen LogP contribution >= 0.6 is 0 Å². The van der Waals surface area contributed by atoms with Crippen LogP contribution in [0.3, 0.4) is 0 Å². The monoisotopic (exact) mass is 278 g/mol. The molecule has 8 nitrogen and oxygen atoms in total. The molecule has 0 atom stereocenters. The van der Waals surface area contributed by atoms with E-state index >= 15 is 0 Å². The molecule has 0 radical (unpaired) electrons. The number of nitrogens with one attached hydrogen (secondary N) is 2. The van der Waals surface area contributed by atoms with Crippen molar-refractivity contribution >= 4 is 17.3 Å². The second-order valence-corrected chi connectivity index (χ2v) is 4.97. The second-order valence-electron chi connectivity index (χ2n) is 4.97. The van der Waals surface area contributed by atoms with Gasteiger partial charge in [0.2, 0.25) is 0 Å². The molecule has 108 valence electrons. The number of hydrogen-bond acceptors (Lipinski definition) is 7. The van der Waals surface area contributed by atoms with E-state index < -0.39 is 5.60 Å². The minimum atomic E-state index is -0.768. The van der Waals surface area contributed by atoms with Gasteiger partial charge < -0.3 is 25.0 Å². The van der Waals surface area contributed by atoms with Crippen molar-refractivity contribution in [2.45, 2.75) is 18.4 Å². The highest BCUT2D eigenvalue weighted by molar-refractivity contribution is 5.65. The smallest absolute Gasteiger partial charge is 0.180 e. The summed E-state index contributed by atoms with van der Waals surface area (Å²) in [5.74, 6) is 6.52. The van der Waals surface area contributed by atoms with Gasteiger partial charge >= 0.3 is 0 Å². The maximum atomic E-state index is 10.4. The number of nitrogen functional groups attached to an aromatic ring is 1. The molecule has 0 aromatic carbocycles. The Morgan fingerprint density at radius 3 is 3.00 bits per heavy atom. The molecule has 2 aromatic heterocycles. The second kappa shape index (κ2) is 5.23. The van der Waals surface area contributed by atoms with E-state index in [0.717, 1.165) is 0 Å². The van der Waals surface area contributed by atoms with E-state index in [1.165, 1.54) is 0 Å². The topological polar surface area (TPSA) is 110 Å². The standard InChI is InChI=1S/C12H18N6O2/c13-17-9-7-18-4-3-14-11(18)10(16-9)15-8-12(19)1-5-20-6-2-12/h3-4,7,17,19H,1-2,5-6,8,13H2,(H,15,16). The third-order valence-corrected chi connectivity index (χ3v) is 3.53. The van der Waals surface area contributed by atoms with E-state index in [1.54, 1.807) is 12.4 Å². The summed E-state index contributed by atoms with van der Waals surface area (Å²) in [6, 6.07) is 0. The summed E-state index contributed by atoms with van der Waals surface area (Å²) in [4.78, 5) is 8.58. The van der Waals surface area contributed by atoms with E-state index in [4.69, 9.17) is 10.6 Å². The molecule has 8 heteroatoms. The van der Waals surface area contributed by atoms with Gasteiger partial charge in [0.1, 0.15) is 0 Å². The first-order chi connectivity index (χ1) is 9.70. The van der Waals surface area contributed by atoms with Crippen molar-refractivity contribution in [2.24, 2.45) is 5.84 Å². The van der Waals surface area contributed by atoms with E-state index in [2.05, 4.69) is 20.7 Å². The van der Waals surface area contributed by atoms with Crippen LogP contribution in [0.25, 0.3) is 5.65 Å². The maximum absolute atomic E-state index is 10.4. The summed E-state index contributed by atoms with van der Waals surface area (Å²) < 4.78 is 7.08. The molecule has 2 aromatic rings. The molecule has 3 rings (SSSR count). The number of aliphatic hydroxyl groups is 1. The number of hydrazine groups is 1. The predicted molar refractivity (Wildman–Crippen MR) is 74.3 cm³/mol. The molecular formula is C12H18N6O2. The number of imidazole rings is 1. The fraction of sp³-hybridized carbons (Fsp3) is 0.500. The predicted octanol–water partition coefficient (Wildman–Crippen LogP) is -0.0317. The SMILES string of the molecule is NNc1cn2ccnc2c(NCC2(O)CCOCC2)n1. The van der Waals surface area contributed by atoms with Crippen molar-refractivity contribution in [3.63, 3.8) is 0 Å². The number of aromatic nitrogens is 3. The summed E-state index contributed by atoms with van der Waals surface area (Å²) in [6.07, 6.45) is 6.47. The minimum Gasteiger partial charge on any atom is -0.388 e. The molecule has 1 aliphatic heterocycles. The van der Waals surface area contributed by atoms with Crippen LogP contribution in [0.1, 0.15) is 12.8 Å². The van der Waals surface area contributed by atoms with Crippen molar-refractivity contribution in [3.05, 3.63) is 18.6 Å². The molecule has 0 aliphatic carbocycles. The largest absolute Gasteiger partial charge is 0.388 e. The van der Waals surface area contributed by atoms with Gasteiger partial charge in [-0.05, 0) is 0 Å². The van der Waals surface area contributed by atoms with E-state index in [1.807, 2.05) is 10.6 Å². The molecule has 0 bridgehead atoms. The lowest BCUT2D eigenvalue weighted by atomic mass is 9.94. The van der Waals surface area contributed by atoms with E-state index in [-0.39, 0.29) is 0 Å². The number of rotatable bonds is 4. The van der Waals surface area contributed by atoms with Crippen molar-refractivity contribution in [1.29, 1.82) is 0 Å². The molecule has 3 heterocycles. The van der Waals surface area contributed by atoms with Crippen LogP contribution in [0.2, 0.25) is 0 Å². The van der Waals surface area contributed by atoms with Crippen molar-refractivity contribution in [2.75, 3.05) is 30.5 Å². The zero-order chi connectivity index (χ0) is 14.0. The van der Waals surface area contributed by atoms with Crippen molar-refractivity contribution < 1.29 is 9.84 Å². The van der Waals surface area contributed by atoms with Crippen LogP contribution in [0.4, 0.5) is 11.6 Å². The fourth-order valence-electron chi connectivity index (χ4n) is 2.30. The molecule has 1 saturated heterocycles. The van der Waals surface area contributed by atoms with Gasteiger partial charge in [-0.3, -0.25) is 0 Å². The molecule has 0 saturated carbocycles. The molecule has 0 unspecified atom stereocenters. The fourth-order valence-corrected chi connectivity index (χ4v) is 2.30. The average molecular weight is 278 g/mol. The molecule has 1 fully saturated rings. The van der Waals surface area contributed by atoms with Gasteiger partial charge in [0.05, 0.1) is 11.8 Å². The Morgan fingerprint density at radius 1 is 1.45 bits per heavy atom. The normalized spacial score (nSPS) is 18.1. The van der Waals surface area contributed by atoms with Gasteiger partial charge in [-0.1, -0.05) is 0 Å². The van der Waals surface area contributed by atoms with Crippen LogP contribution in [0.15, 0.2) is 18.6 Å². The number of hydrogen-bond donors (Lipinski definition) is 4. The molecule has 0 spiro atoms. The lowest BCUT2D eigenvalue weighted by Crippen LogP contribution is -2.42. The van der Waals surface area contributed by atoms with Gasteiger partial charge in [-0.15, -0.1) is 0 Å². The number of ether oxygens (including phenoxy) is 1. The summed E-state index contributed by atoms with van der Waals surface area (Å²) >= 11 is 0. The Balaban J connectivity index is 1.81. The lowest BCUT2D eigenvalue weighted by Gasteiger charge is -2.32. The Hall–Kier alpha value is -1.90. The first kappa shape index (κ1) is 13.1. The molecule has 20 heavy (non-hydrogen) atoms. The highest BCUT2D eigenvalue weighted by Gasteiger charge is 2.29. The summed E-state index contributed by atoms with van der Waals surface area (Å²) in [7, 11) is 0. The van der Waals surface area contributed by atoms with Crippen molar-refractivity contribution in [3.8, 4) is 0 Å². The lowest BCUT2D eigenvalue weighted by molar-refractivity contribution is -0.0543. The number of fused-ring (bicyclic) bond motifs is 1. The van der Waals surface area contributed by atoms with E-state index in [0.29, 0.717) is 49.9 Å². The van der Waals surface area contributed by atoms with Crippen LogP contribution in [0.5, 0.6) is 0 Å². The quantitative estimate of drug-likeness (QED) is 0.459. The zero-order valence-electron chi connectivity index (χ0n) is 11.0. The number of anilines is 2. The third kappa shape index (κ3) is 2.53. The highest BCUT2D eigenvalue weighted by Crippen LogP contribution is 2.22. The maximum Gasteiger partial charge on any atom is 0.180 e. The van der Waals surface area contributed by atoms with Crippen LogP contribution in [0, 0.1) is 0 Å². The molecule has 1 aliphatic rings. The molecule has 5 N–H and O–H groups in total. The molecule has 0 amide bonds. The summed E-state index contributed by atoms with van der Waals surface area (Å²) in [6.45, 7) is 1.56. The van der Waals surface area contributed by atoms with Gasteiger partial charge in [0.15, 0.2) is 17.3 Å². The number of nitrogens with two attached hydrogens (primary N) is 1. The Labute approximate surface area is 115 Å². The van der Waals surface area contributed by atoms with Crippen LogP contribution < -0.4 is 16.6 Å². The van der Waals surface area contributed by atoms with Crippen molar-refractivity contribution in [1.82, 2.24) is 14.4 Å². The van der Waals surface area contributed by atoms with Gasteiger partial charge in [0.25, 0.3) is 0 Å². The Bertz CT molecular complexity index is 593.